The predicted molar refractivity (Wildman–Crippen MR) is 94.5 cm³/mol. The van der Waals surface area contributed by atoms with Gasteiger partial charge in [0.05, 0.1) is 0 Å². The summed E-state index contributed by atoms with van der Waals surface area (Å²) in [6.07, 6.45) is 4.35. The van der Waals surface area contributed by atoms with Gasteiger partial charge in [0.25, 0.3) is 11.5 Å². The molecule has 3 heterocycles. The third kappa shape index (κ3) is 4.27. The van der Waals surface area contributed by atoms with Gasteiger partial charge < -0.3 is 10.1 Å². The van der Waals surface area contributed by atoms with Crippen LogP contribution in [0.3, 0.4) is 0 Å². The molecule has 1 amide bonds. The molecule has 0 radical (unpaired) electrons. The number of likely N-dealkylation sites (tertiary alicyclic amines) is 1. The molecule has 138 valence electrons. The minimum atomic E-state index is -0.216. The summed E-state index contributed by atoms with van der Waals surface area (Å²) in [6.45, 7) is 5.76. The number of nitrogens with zero attached hydrogens (tertiary/aromatic N) is 3. The fourth-order valence-corrected chi connectivity index (χ4v) is 3.95. The maximum Gasteiger partial charge on any atom is 0.271 e. The van der Waals surface area contributed by atoms with Crippen molar-refractivity contribution in [3.63, 3.8) is 0 Å². The van der Waals surface area contributed by atoms with Crippen molar-refractivity contribution < 1.29 is 9.53 Å². The maximum absolute atomic E-state index is 12.6. The van der Waals surface area contributed by atoms with Gasteiger partial charge in [0, 0.05) is 51.5 Å². The third-order valence-corrected chi connectivity index (χ3v) is 5.35. The monoisotopic (exact) mass is 348 g/mol. The first-order chi connectivity index (χ1) is 12.1. The zero-order valence-corrected chi connectivity index (χ0v) is 15.1. The van der Waals surface area contributed by atoms with Gasteiger partial charge >= 0.3 is 0 Å². The molecule has 1 aromatic heterocycles. The molecule has 25 heavy (non-hydrogen) atoms. The van der Waals surface area contributed by atoms with E-state index in [0.29, 0.717) is 17.7 Å². The highest BCUT2D eigenvalue weighted by molar-refractivity contribution is 5.92. The molecule has 0 unspecified atom stereocenters. The molecule has 3 rings (SSSR count). The quantitative estimate of drug-likeness (QED) is 0.851. The Hall–Kier alpha value is -1.73. The molecular formula is C18H28N4O3. The molecule has 1 aromatic rings. The lowest BCUT2D eigenvalue weighted by Gasteiger charge is -2.31. The Labute approximate surface area is 148 Å². The summed E-state index contributed by atoms with van der Waals surface area (Å²) in [5.74, 6) is 0.264. The minimum absolute atomic E-state index is 0.134. The van der Waals surface area contributed by atoms with Gasteiger partial charge in [0.15, 0.2) is 0 Å². The van der Waals surface area contributed by atoms with Gasteiger partial charge in [-0.15, -0.1) is 0 Å². The van der Waals surface area contributed by atoms with E-state index in [-0.39, 0.29) is 17.5 Å². The highest BCUT2D eigenvalue weighted by atomic mass is 16.5. The van der Waals surface area contributed by atoms with E-state index in [1.165, 1.54) is 16.8 Å². The average molecular weight is 348 g/mol. The smallest absolute Gasteiger partial charge is 0.271 e. The highest BCUT2D eigenvalue weighted by Gasteiger charge is 2.37. The van der Waals surface area contributed by atoms with Crippen molar-refractivity contribution in [2.75, 3.05) is 26.3 Å². The first-order valence-corrected chi connectivity index (χ1v) is 9.25. The number of amides is 1. The summed E-state index contributed by atoms with van der Waals surface area (Å²) in [7, 11) is 1.56. The van der Waals surface area contributed by atoms with Crippen molar-refractivity contribution in [2.45, 2.75) is 44.7 Å². The van der Waals surface area contributed by atoms with E-state index in [9.17, 15) is 9.59 Å². The molecule has 2 aliphatic heterocycles. The van der Waals surface area contributed by atoms with E-state index in [2.05, 4.69) is 22.2 Å². The summed E-state index contributed by atoms with van der Waals surface area (Å²) < 4.78 is 6.67. The van der Waals surface area contributed by atoms with E-state index in [1.54, 1.807) is 7.05 Å². The first kappa shape index (κ1) is 18.1. The maximum atomic E-state index is 12.6. The largest absolute Gasteiger partial charge is 0.381 e. The summed E-state index contributed by atoms with van der Waals surface area (Å²) in [6, 6.07) is 3.58. The second kappa shape index (κ2) is 8.10. The number of rotatable bonds is 5. The zero-order valence-electron chi connectivity index (χ0n) is 15.1. The Balaban J connectivity index is 1.66. The van der Waals surface area contributed by atoms with Gasteiger partial charge in [0.2, 0.25) is 0 Å². The van der Waals surface area contributed by atoms with Crippen LogP contribution in [0.1, 0.15) is 43.1 Å². The van der Waals surface area contributed by atoms with Crippen molar-refractivity contribution in [3.8, 4) is 0 Å². The van der Waals surface area contributed by atoms with E-state index in [0.717, 1.165) is 52.0 Å². The molecule has 0 aliphatic carbocycles. The van der Waals surface area contributed by atoms with Crippen LogP contribution in [0.15, 0.2) is 16.9 Å². The zero-order chi connectivity index (χ0) is 17.8. The first-order valence-electron chi connectivity index (χ1n) is 9.25. The van der Waals surface area contributed by atoms with Crippen LogP contribution in [0, 0.1) is 5.92 Å². The minimum Gasteiger partial charge on any atom is -0.381 e. The Morgan fingerprint density at radius 2 is 2.08 bits per heavy atom. The van der Waals surface area contributed by atoms with Crippen molar-refractivity contribution in [2.24, 2.45) is 13.0 Å². The summed E-state index contributed by atoms with van der Waals surface area (Å²) in [5.41, 5.74) is 0.0776. The summed E-state index contributed by atoms with van der Waals surface area (Å²) in [5, 5.41) is 7.21. The lowest BCUT2D eigenvalue weighted by atomic mass is 9.98. The highest BCUT2D eigenvalue weighted by Crippen LogP contribution is 2.27. The van der Waals surface area contributed by atoms with Crippen molar-refractivity contribution in [3.05, 3.63) is 28.2 Å². The average Bonchev–Trinajstić information content (AvgIpc) is 3.01. The van der Waals surface area contributed by atoms with Crippen LogP contribution in [0.25, 0.3) is 0 Å². The normalized spacial score (nSPS) is 25.2. The lowest BCUT2D eigenvalue weighted by Crippen LogP contribution is -2.43. The summed E-state index contributed by atoms with van der Waals surface area (Å²) in [4.78, 5) is 26.5. The van der Waals surface area contributed by atoms with Gasteiger partial charge in [0.1, 0.15) is 5.69 Å². The molecular weight excluding hydrogens is 320 g/mol. The number of hydrogen-bond donors (Lipinski definition) is 1. The molecule has 1 N–H and O–H groups in total. The third-order valence-electron chi connectivity index (χ3n) is 5.35. The van der Waals surface area contributed by atoms with E-state index < -0.39 is 0 Å². The summed E-state index contributed by atoms with van der Waals surface area (Å²) >= 11 is 0. The van der Waals surface area contributed by atoms with Crippen molar-refractivity contribution in [1.29, 1.82) is 0 Å². The number of carbonyl (C=O) groups excluding carboxylic acids is 1. The number of ether oxygens (including phenoxy) is 1. The van der Waals surface area contributed by atoms with Crippen LogP contribution >= 0.6 is 0 Å². The van der Waals surface area contributed by atoms with E-state index >= 15 is 0 Å². The van der Waals surface area contributed by atoms with Gasteiger partial charge in [-0.3, -0.25) is 14.5 Å². The second-order valence-electron chi connectivity index (χ2n) is 7.11. The van der Waals surface area contributed by atoms with Crippen LogP contribution in [0.2, 0.25) is 0 Å². The number of hydrogen-bond acceptors (Lipinski definition) is 5. The number of nitrogens with one attached hydrogen (secondary N) is 1. The van der Waals surface area contributed by atoms with Crippen LogP contribution in [-0.2, 0) is 11.8 Å². The SMILES string of the molecule is CCC[C@H]1CN(C2CCOCC2)C[C@@H]1NC(=O)c1ccc(=O)n(C)n1. The molecule has 7 heteroatoms. The second-order valence-corrected chi connectivity index (χ2v) is 7.11. The lowest BCUT2D eigenvalue weighted by molar-refractivity contribution is 0.0405. The van der Waals surface area contributed by atoms with E-state index in [1.807, 2.05) is 0 Å². The fourth-order valence-electron chi connectivity index (χ4n) is 3.95. The molecule has 0 aromatic carbocycles. The van der Waals surface area contributed by atoms with Gasteiger partial charge in [-0.1, -0.05) is 13.3 Å². The topological polar surface area (TPSA) is 76.5 Å². The fraction of sp³-hybridized carbons (Fsp3) is 0.722. The van der Waals surface area contributed by atoms with Crippen LogP contribution in [0.5, 0.6) is 0 Å². The van der Waals surface area contributed by atoms with Gasteiger partial charge in [-0.25, -0.2) is 4.68 Å². The van der Waals surface area contributed by atoms with Crippen molar-refractivity contribution >= 4 is 5.91 Å². The molecule has 2 aliphatic rings. The molecule has 0 saturated carbocycles. The number of carbonyl (C=O) groups is 1. The van der Waals surface area contributed by atoms with E-state index in [4.69, 9.17) is 4.74 Å². The molecule has 2 saturated heterocycles. The predicted octanol–water partition coefficient (Wildman–Crippen LogP) is 0.790. The van der Waals surface area contributed by atoms with Gasteiger partial charge in [-0.05, 0) is 31.2 Å². The Bertz CT molecular complexity index is 654. The molecule has 0 bridgehead atoms. The van der Waals surface area contributed by atoms with Crippen LogP contribution in [0.4, 0.5) is 0 Å². The number of aryl methyl sites for hydroxylation is 1. The Kier molecular flexibility index (Phi) is 5.86. The molecule has 0 spiro atoms. The standard InChI is InChI=1S/C18H28N4O3/c1-3-4-13-11-22(14-7-9-25-10-8-14)12-16(13)19-18(24)15-5-6-17(23)21(2)20-15/h5-6,13-14,16H,3-4,7-12H2,1-2H3,(H,19,24)/t13-,16-/m0/s1. The Morgan fingerprint density at radius 3 is 2.76 bits per heavy atom. The van der Waals surface area contributed by atoms with Gasteiger partial charge in [-0.2, -0.15) is 5.10 Å². The molecule has 2 fully saturated rings. The van der Waals surface area contributed by atoms with Crippen LogP contribution < -0.4 is 10.9 Å². The molecule has 2 atom stereocenters. The Morgan fingerprint density at radius 1 is 1.32 bits per heavy atom. The van der Waals surface area contributed by atoms with Crippen molar-refractivity contribution in [1.82, 2.24) is 20.0 Å². The molecule has 7 nitrogen and oxygen atoms in total. The van der Waals surface area contributed by atoms with Crippen LogP contribution in [-0.4, -0.2) is 59.0 Å². The number of aromatic nitrogens is 2.